The fourth-order valence-electron chi connectivity index (χ4n) is 1.56. The number of halogens is 2. The molecular weight excluding hydrogens is 316 g/mol. The first-order chi connectivity index (χ1) is 10.00. The van der Waals surface area contributed by atoms with E-state index in [1.54, 1.807) is 20.8 Å². The van der Waals surface area contributed by atoms with E-state index in [0.29, 0.717) is 5.75 Å². The van der Waals surface area contributed by atoms with Gasteiger partial charge in [0, 0.05) is 0 Å². The van der Waals surface area contributed by atoms with Gasteiger partial charge < -0.3 is 9.84 Å². The summed E-state index contributed by atoms with van der Waals surface area (Å²) < 4.78 is 46.4. The lowest BCUT2D eigenvalue weighted by Gasteiger charge is -2.28. The van der Waals surface area contributed by atoms with Gasteiger partial charge >= 0.3 is 11.9 Å². The highest BCUT2D eigenvalue weighted by molar-refractivity contribution is 7.84. The Morgan fingerprint density at radius 3 is 2.14 bits per heavy atom. The standard InChI is InChI=1S/C14H19F2NO4S/c1-13(2,3)22(20)17-11(14(15,16)12(18)19)9-5-7-10(21-4)8-6-9/h5-8,11,17H,1-4H3,(H,18,19)/t11-,22+/m0/s1. The SMILES string of the molecule is COc1ccc([C@H](N[S@](=O)C(C)(C)C)C(F)(F)C(=O)O)cc1. The molecular formula is C14H19F2NO4S. The van der Waals surface area contributed by atoms with Crippen LogP contribution in [0, 0.1) is 0 Å². The number of hydrogen-bond acceptors (Lipinski definition) is 3. The zero-order valence-corrected chi connectivity index (χ0v) is 13.5. The average Bonchev–Trinajstić information content (AvgIpc) is 2.43. The van der Waals surface area contributed by atoms with E-state index in [1.807, 2.05) is 0 Å². The molecule has 0 aliphatic carbocycles. The molecule has 5 nitrogen and oxygen atoms in total. The lowest BCUT2D eigenvalue weighted by atomic mass is 10.0. The molecule has 22 heavy (non-hydrogen) atoms. The Bertz CT molecular complexity index is 555. The molecule has 2 atom stereocenters. The number of ether oxygens (including phenoxy) is 1. The fourth-order valence-corrected chi connectivity index (χ4v) is 2.41. The number of carbonyl (C=O) groups is 1. The number of aliphatic carboxylic acids is 1. The second-order valence-electron chi connectivity index (χ2n) is 5.63. The summed E-state index contributed by atoms with van der Waals surface area (Å²) in [4.78, 5) is 10.9. The molecule has 0 bridgehead atoms. The quantitative estimate of drug-likeness (QED) is 0.837. The minimum atomic E-state index is -4.12. The Morgan fingerprint density at radius 1 is 1.27 bits per heavy atom. The van der Waals surface area contributed by atoms with Gasteiger partial charge in [-0.1, -0.05) is 12.1 Å². The summed E-state index contributed by atoms with van der Waals surface area (Å²) >= 11 is 0. The number of benzene rings is 1. The molecule has 0 spiro atoms. The van der Waals surface area contributed by atoms with Crippen LogP contribution >= 0.6 is 0 Å². The zero-order valence-electron chi connectivity index (χ0n) is 12.7. The maximum absolute atomic E-state index is 14.0. The van der Waals surface area contributed by atoms with Crippen LogP contribution in [-0.4, -0.2) is 33.1 Å². The maximum Gasteiger partial charge on any atom is 0.376 e. The lowest BCUT2D eigenvalue weighted by molar-refractivity contribution is -0.168. The monoisotopic (exact) mass is 335 g/mol. The van der Waals surface area contributed by atoms with Crippen molar-refractivity contribution in [1.29, 1.82) is 0 Å². The summed E-state index contributed by atoms with van der Waals surface area (Å²) in [5.74, 6) is -5.96. The summed E-state index contributed by atoms with van der Waals surface area (Å²) in [5.41, 5.74) is 0.00537. The first-order valence-electron chi connectivity index (χ1n) is 6.43. The molecule has 0 radical (unpaired) electrons. The molecule has 0 fully saturated rings. The Hall–Kier alpha value is -1.54. The molecule has 0 saturated carbocycles. The van der Waals surface area contributed by atoms with Gasteiger partial charge in [-0.15, -0.1) is 0 Å². The topological polar surface area (TPSA) is 75.6 Å². The fraction of sp³-hybridized carbons (Fsp3) is 0.500. The first-order valence-corrected chi connectivity index (χ1v) is 7.58. The molecule has 0 amide bonds. The van der Waals surface area contributed by atoms with Gasteiger partial charge in [-0.05, 0) is 38.5 Å². The number of rotatable bonds is 6. The number of methoxy groups -OCH3 is 1. The van der Waals surface area contributed by atoms with Crippen molar-refractivity contribution in [1.82, 2.24) is 4.72 Å². The number of hydrogen-bond donors (Lipinski definition) is 2. The summed E-state index contributed by atoms with van der Waals surface area (Å²) in [6.07, 6.45) is 0. The van der Waals surface area contributed by atoms with Gasteiger partial charge in [-0.3, -0.25) is 0 Å². The van der Waals surface area contributed by atoms with E-state index in [1.165, 1.54) is 31.4 Å². The molecule has 0 saturated heterocycles. The summed E-state index contributed by atoms with van der Waals surface area (Å²) in [7, 11) is -0.441. The largest absolute Gasteiger partial charge is 0.497 e. The number of nitrogens with one attached hydrogen (secondary N) is 1. The van der Waals surface area contributed by atoms with E-state index in [4.69, 9.17) is 9.84 Å². The lowest BCUT2D eigenvalue weighted by Crippen LogP contribution is -2.47. The van der Waals surface area contributed by atoms with Gasteiger partial charge in [0.2, 0.25) is 0 Å². The van der Waals surface area contributed by atoms with Gasteiger partial charge in [-0.2, -0.15) is 8.78 Å². The van der Waals surface area contributed by atoms with Gasteiger partial charge in [-0.25, -0.2) is 13.7 Å². The predicted octanol–water partition coefficient (Wildman–Crippen LogP) is 2.51. The third-order valence-electron chi connectivity index (χ3n) is 2.88. The van der Waals surface area contributed by atoms with Crippen LogP contribution in [0.4, 0.5) is 8.78 Å². The molecule has 8 heteroatoms. The van der Waals surface area contributed by atoms with Crippen molar-refractivity contribution in [3.05, 3.63) is 29.8 Å². The molecule has 124 valence electrons. The Balaban J connectivity index is 3.21. The molecule has 1 rings (SSSR count). The second kappa shape index (κ2) is 6.70. The molecule has 2 N–H and O–H groups in total. The Kier molecular flexibility index (Phi) is 5.64. The van der Waals surface area contributed by atoms with Gasteiger partial charge in [0.15, 0.2) is 0 Å². The van der Waals surface area contributed by atoms with Gasteiger partial charge in [0.25, 0.3) is 0 Å². The van der Waals surface area contributed by atoms with Crippen LogP contribution in [0.5, 0.6) is 5.75 Å². The van der Waals surface area contributed by atoms with E-state index in [9.17, 15) is 17.8 Å². The average molecular weight is 335 g/mol. The van der Waals surface area contributed by atoms with Crippen LogP contribution in [-0.2, 0) is 15.8 Å². The van der Waals surface area contributed by atoms with Crippen LogP contribution in [0.25, 0.3) is 0 Å². The molecule has 1 aromatic carbocycles. The number of carboxylic acids is 1. The van der Waals surface area contributed by atoms with Crippen LogP contribution in [0.2, 0.25) is 0 Å². The first kappa shape index (κ1) is 18.5. The summed E-state index contributed by atoms with van der Waals surface area (Å²) in [6, 6.07) is 3.57. The van der Waals surface area contributed by atoms with E-state index in [0.717, 1.165) is 0 Å². The minimum Gasteiger partial charge on any atom is -0.497 e. The van der Waals surface area contributed by atoms with Crippen LogP contribution in [0.3, 0.4) is 0 Å². The molecule has 0 unspecified atom stereocenters. The summed E-state index contributed by atoms with van der Waals surface area (Å²) in [6.45, 7) is 4.79. The van der Waals surface area contributed by atoms with E-state index >= 15 is 0 Å². The van der Waals surface area contributed by atoms with Gasteiger partial charge in [0.05, 0.1) is 22.8 Å². The highest BCUT2D eigenvalue weighted by atomic mass is 32.2. The van der Waals surface area contributed by atoms with Crippen molar-refractivity contribution in [3.63, 3.8) is 0 Å². The highest BCUT2D eigenvalue weighted by Gasteiger charge is 2.49. The van der Waals surface area contributed by atoms with Crippen molar-refractivity contribution in [2.45, 2.75) is 37.5 Å². The van der Waals surface area contributed by atoms with Crippen molar-refractivity contribution >= 4 is 17.0 Å². The molecule has 0 aliphatic rings. The smallest absolute Gasteiger partial charge is 0.376 e. The van der Waals surface area contributed by atoms with E-state index in [-0.39, 0.29) is 5.56 Å². The molecule has 0 heterocycles. The third-order valence-corrected chi connectivity index (χ3v) is 4.44. The van der Waals surface area contributed by atoms with Crippen molar-refractivity contribution < 1.29 is 27.6 Å². The van der Waals surface area contributed by atoms with Crippen LogP contribution < -0.4 is 9.46 Å². The number of alkyl halides is 2. The van der Waals surface area contributed by atoms with Crippen molar-refractivity contribution in [2.24, 2.45) is 0 Å². The van der Waals surface area contributed by atoms with Crippen LogP contribution in [0.1, 0.15) is 32.4 Å². The molecule has 0 aromatic heterocycles. The van der Waals surface area contributed by atoms with Crippen molar-refractivity contribution in [3.8, 4) is 5.75 Å². The Morgan fingerprint density at radius 2 is 1.77 bits per heavy atom. The third kappa shape index (κ3) is 4.23. The molecule has 0 aliphatic heterocycles. The highest BCUT2D eigenvalue weighted by Crippen LogP contribution is 2.33. The predicted molar refractivity (Wildman–Crippen MR) is 79.3 cm³/mol. The zero-order chi connectivity index (χ0) is 17.1. The van der Waals surface area contributed by atoms with E-state index in [2.05, 4.69) is 4.72 Å². The van der Waals surface area contributed by atoms with Crippen molar-refractivity contribution in [2.75, 3.05) is 7.11 Å². The normalized spacial score (nSPS) is 15.2. The molecule has 1 aromatic rings. The maximum atomic E-state index is 14.0. The van der Waals surface area contributed by atoms with Crippen LogP contribution in [0.15, 0.2) is 24.3 Å². The second-order valence-corrected chi connectivity index (χ2v) is 7.63. The number of carboxylic acid groups (broad SMARTS) is 1. The van der Waals surface area contributed by atoms with Gasteiger partial charge in [0.1, 0.15) is 11.8 Å². The Labute approximate surface area is 130 Å². The van der Waals surface area contributed by atoms with E-state index < -0.39 is 33.7 Å². The minimum absolute atomic E-state index is 0.00537. The summed E-state index contributed by atoms with van der Waals surface area (Å²) in [5, 5.41) is 8.78.